The quantitative estimate of drug-likeness (QED) is 0.365. The van der Waals surface area contributed by atoms with Gasteiger partial charge in [-0.05, 0) is 6.92 Å². The average molecular weight is 84.1 g/mol. The summed E-state index contributed by atoms with van der Waals surface area (Å²) in [7, 11) is 0. The second kappa shape index (κ2) is 2.45. The van der Waals surface area contributed by atoms with E-state index in [0.717, 1.165) is 5.70 Å². The van der Waals surface area contributed by atoms with E-state index in [4.69, 9.17) is 5.73 Å². The third kappa shape index (κ3) is 3.21. The average Bonchev–Trinajstić information content (AvgIpc) is 1.35. The molecule has 6 heavy (non-hydrogen) atoms. The van der Waals surface area contributed by atoms with Crippen LogP contribution in [0.15, 0.2) is 17.3 Å². The van der Waals surface area contributed by atoms with E-state index in [-0.39, 0.29) is 0 Å². The lowest BCUT2D eigenvalue weighted by Gasteiger charge is -1.77. The van der Waals surface area contributed by atoms with E-state index in [9.17, 15) is 0 Å². The Bertz CT molecular complexity index is 73.6. The predicted molar refractivity (Wildman–Crippen MR) is 27.5 cm³/mol. The van der Waals surface area contributed by atoms with Crippen LogP contribution in [-0.2, 0) is 0 Å². The van der Waals surface area contributed by atoms with Gasteiger partial charge in [0.1, 0.15) is 0 Å². The SMILES string of the molecule is C=C(C)/N=C\N. The molecule has 0 amide bonds. The van der Waals surface area contributed by atoms with Gasteiger partial charge >= 0.3 is 0 Å². The van der Waals surface area contributed by atoms with E-state index >= 15 is 0 Å². The van der Waals surface area contributed by atoms with Crippen LogP contribution in [-0.4, -0.2) is 6.34 Å². The van der Waals surface area contributed by atoms with Gasteiger partial charge in [0.15, 0.2) is 0 Å². The molecule has 2 N–H and O–H groups in total. The number of nitrogens with zero attached hydrogens (tertiary/aromatic N) is 1. The lowest BCUT2D eigenvalue weighted by molar-refractivity contribution is 1.33. The van der Waals surface area contributed by atoms with Crippen LogP contribution in [0.5, 0.6) is 0 Å². The maximum Gasteiger partial charge on any atom is 0.0855 e. The van der Waals surface area contributed by atoms with E-state index in [0.29, 0.717) is 0 Å². The van der Waals surface area contributed by atoms with Crippen molar-refractivity contribution in [2.45, 2.75) is 6.92 Å². The van der Waals surface area contributed by atoms with E-state index in [1.54, 1.807) is 6.92 Å². The van der Waals surface area contributed by atoms with Crippen molar-refractivity contribution < 1.29 is 0 Å². The molecule has 34 valence electrons. The van der Waals surface area contributed by atoms with Crippen LogP contribution in [0.1, 0.15) is 6.92 Å². The molecular weight excluding hydrogens is 76.1 g/mol. The summed E-state index contributed by atoms with van der Waals surface area (Å²) in [5.41, 5.74) is 5.61. The van der Waals surface area contributed by atoms with Crippen LogP contribution in [0.4, 0.5) is 0 Å². The first kappa shape index (κ1) is 5.21. The molecule has 0 saturated heterocycles. The smallest absolute Gasteiger partial charge is 0.0855 e. The zero-order chi connectivity index (χ0) is 4.99. The fourth-order valence-electron chi connectivity index (χ4n) is 0.127. The highest BCUT2D eigenvalue weighted by Crippen LogP contribution is 1.81. The fraction of sp³-hybridized carbons (Fsp3) is 0.250. The van der Waals surface area contributed by atoms with Crippen LogP contribution in [0.2, 0.25) is 0 Å². The molecule has 2 nitrogen and oxygen atoms in total. The van der Waals surface area contributed by atoms with Crippen LogP contribution in [0, 0.1) is 0 Å². The number of allylic oxidation sites excluding steroid dienone is 1. The zero-order valence-electron chi connectivity index (χ0n) is 3.81. The van der Waals surface area contributed by atoms with Gasteiger partial charge in [-0.1, -0.05) is 6.58 Å². The molecule has 0 radical (unpaired) electrons. The van der Waals surface area contributed by atoms with Crippen molar-refractivity contribution in [2.75, 3.05) is 0 Å². The van der Waals surface area contributed by atoms with Crippen LogP contribution in [0.25, 0.3) is 0 Å². The van der Waals surface area contributed by atoms with Gasteiger partial charge in [0, 0.05) is 5.70 Å². The van der Waals surface area contributed by atoms with E-state index in [1.165, 1.54) is 6.34 Å². The molecule has 0 rings (SSSR count). The summed E-state index contributed by atoms with van der Waals surface area (Å²) in [6.07, 6.45) is 1.22. The Labute approximate surface area is 37.4 Å². The highest BCUT2D eigenvalue weighted by atomic mass is 14.8. The third-order valence-corrected chi connectivity index (χ3v) is 0.295. The van der Waals surface area contributed by atoms with Gasteiger partial charge in [0.05, 0.1) is 6.34 Å². The van der Waals surface area contributed by atoms with E-state index in [2.05, 4.69) is 11.6 Å². The molecule has 0 atom stereocenters. The lowest BCUT2D eigenvalue weighted by atomic mass is 10.6. The minimum absolute atomic E-state index is 0.734. The largest absolute Gasteiger partial charge is 0.390 e. The standard InChI is InChI=1S/C4H8N2/c1-4(2)6-3-5/h3H,1H2,2H3,(H2,5,6). The Kier molecular flexibility index (Phi) is 2.13. The minimum Gasteiger partial charge on any atom is -0.390 e. The van der Waals surface area contributed by atoms with Crippen molar-refractivity contribution >= 4 is 6.34 Å². The summed E-state index contributed by atoms with van der Waals surface area (Å²) in [5, 5.41) is 0. The molecule has 0 aliphatic heterocycles. The molecule has 0 aromatic heterocycles. The Morgan fingerprint density at radius 3 is 2.50 bits per heavy atom. The molecule has 0 spiro atoms. The Balaban J connectivity index is 3.30. The first-order valence-electron chi connectivity index (χ1n) is 1.67. The monoisotopic (exact) mass is 84.1 g/mol. The van der Waals surface area contributed by atoms with Gasteiger partial charge in [-0.3, -0.25) is 0 Å². The molecule has 0 aliphatic rings. The van der Waals surface area contributed by atoms with Gasteiger partial charge in [-0.25, -0.2) is 4.99 Å². The molecular formula is C4H8N2. The van der Waals surface area contributed by atoms with Gasteiger partial charge in [-0.15, -0.1) is 0 Å². The van der Waals surface area contributed by atoms with Gasteiger partial charge < -0.3 is 5.73 Å². The summed E-state index contributed by atoms with van der Waals surface area (Å²) < 4.78 is 0. The summed E-state index contributed by atoms with van der Waals surface area (Å²) in [5.74, 6) is 0. The van der Waals surface area contributed by atoms with Crippen molar-refractivity contribution in [1.82, 2.24) is 0 Å². The van der Waals surface area contributed by atoms with Crippen LogP contribution >= 0.6 is 0 Å². The van der Waals surface area contributed by atoms with Crippen molar-refractivity contribution in [3.05, 3.63) is 12.3 Å². The molecule has 0 unspecified atom stereocenters. The second-order valence-electron chi connectivity index (χ2n) is 1.01. The van der Waals surface area contributed by atoms with E-state index < -0.39 is 0 Å². The second-order valence-corrected chi connectivity index (χ2v) is 1.01. The predicted octanol–water partition coefficient (Wildman–Crippen LogP) is 0.507. The molecule has 0 aromatic rings. The summed E-state index contributed by atoms with van der Waals surface area (Å²) in [6.45, 7) is 5.25. The molecule has 0 heterocycles. The number of hydrogen-bond acceptors (Lipinski definition) is 1. The molecule has 0 aliphatic carbocycles. The molecule has 0 aromatic carbocycles. The third-order valence-electron chi connectivity index (χ3n) is 0.295. The fourth-order valence-corrected chi connectivity index (χ4v) is 0.127. The first-order valence-corrected chi connectivity index (χ1v) is 1.67. The van der Waals surface area contributed by atoms with E-state index in [1.807, 2.05) is 0 Å². The maximum absolute atomic E-state index is 4.88. The van der Waals surface area contributed by atoms with Gasteiger partial charge in [0.25, 0.3) is 0 Å². The van der Waals surface area contributed by atoms with Crippen molar-refractivity contribution in [2.24, 2.45) is 10.7 Å². The number of rotatable bonds is 1. The van der Waals surface area contributed by atoms with Crippen LogP contribution in [0.3, 0.4) is 0 Å². The molecule has 0 fully saturated rings. The highest BCUT2D eigenvalue weighted by molar-refractivity contribution is 5.52. The highest BCUT2D eigenvalue weighted by Gasteiger charge is 1.64. The summed E-state index contributed by atoms with van der Waals surface area (Å²) in [6, 6.07) is 0. The van der Waals surface area contributed by atoms with Crippen LogP contribution < -0.4 is 5.73 Å². The maximum atomic E-state index is 4.88. The van der Waals surface area contributed by atoms with Gasteiger partial charge in [0.2, 0.25) is 0 Å². The molecule has 2 heteroatoms. The molecule has 0 saturated carbocycles. The van der Waals surface area contributed by atoms with Crippen molar-refractivity contribution in [1.29, 1.82) is 0 Å². The molecule has 0 bridgehead atoms. The summed E-state index contributed by atoms with van der Waals surface area (Å²) >= 11 is 0. The Morgan fingerprint density at radius 2 is 2.50 bits per heavy atom. The normalized spacial score (nSPS) is 9.50. The number of nitrogens with two attached hydrogens (primary N) is 1. The summed E-state index contributed by atoms with van der Waals surface area (Å²) in [4.78, 5) is 3.58. The van der Waals surface area contributed by atoms with Crippen molar-refractivity contribution in [3.63, 3.8) is 0 Å². The van der Waals surface area contributed by atoms with Gasteiger partial charge in [-0.2, -0.15) is 0 Å². The van der Waals surface area contributed by atoms with Crippen molar-refractivity contribution in [3.8, 4) is 0 Å². The number of hydrogen-bond donors (Lipinski definition) is 1. The first-order chi connectivity index (χ1) is 2.77. The number of aliphatic imine (C=N–C) groups is 1. The minimum atomic E-state index is 0.734. The lowest BCUT2D eigenvalue weighted by Crippen LogP contribution is -1.86. The Morgan fingerprint density at radius 1 is 2.00 bits per heavy atom. The zero-order valence-corrected chi connectivity index (χ0v) is 3.81. The topological polar surface area (TPSA) is 38.4 Å². The Hall–Kier alpha value is -0.790.